The first-order valence-corrected chi connectivity index (χ1v) is 6.80. The Morgan fingerprint density at radius 1 is 1.41 bits per heavy atom. The molecule has 1 aliphatic heterocycles. The molecule has 0 radical (unpaired) electrons. The molecule has 0 saturated carbocycles. The maximum absolute atomic E-state index is 12.3. The van der Waals surface area contributed by atoms with E-state index in [4.69, 9.17) is 4.74 Å². The number of nitrogens with zero attached hydrogens (tertiary/aromatic N) is 1. The number of carbonyl (C=O) groups excluding carboxylic acids is 1. The third kappa shape index (κ3) is 5.04. The number of amides is 1. The van der Waals surface area contributed by atoms with Crippen LogP contribution in [-0.2, 0) is 9.53 Å². The predicted molar refractivity (Wildman–Crippen MR) is 69.0 cm³/mol. The lowest BCUT2D eigenvalue weighted by Crippen LogP contribution is -2.49. The molecule has 1 aliphatic rings. The number of methoxy groups -OCH3 is 1. The fourth-order valence-electron chi connectivity index (χ4n) is 2.17. The number of ether oxygens (including phenoxy) is 1. The first-order valence-electron chi connectivity index (χ1n) is 6.80. The summed E-state index contributed by atoms with van der Waals surface area (Å²) in [5, 5.41) is 3.32. The molecule has 100 valence electrons. The van der Waals surface area contributed by atoms with Gasteiger partial charge in [-0.2, -0.15) is 0 Å². The van der Waals surface area contributed by atoms with E-state index in [1.54, 1.807) is 7.11 Å². The van der Waals surface area contributed by atoms with Crippen LogP contribution in [0.15, 0.2) is 0 Å². The van der Waals surface area contributed by atoms with Crippen LogP contribution in [0.4, 0.5) is 0 Å². The highest BCUT2D eigenvalue weighted by molar-refractivity contribution is 5.82. The quantitative estimate of drug-likeness (QED) is 0.734. The van der Waals surface area contributed by atoms with Crippen LogP contribution >= 0.6 is 0 Å². The number of piperidine rings is 1. The van der Waals surface area contributed by atoms with Crippen molar-refractivity contribution in [2.75, 3.05) is 33.4 Å². The van der Waals surface area contributed by atoms with Gasteiger partial charge in [0.2, 0.25) is 5.91 Å². The monoisotopic (exact) mass is 242 g/mol. The summed E-state index contributed by atoms with van der Waals surface area (Å²) < 4.78 is 5.08. The molecule has 1 amide bonds. The molecule has 0 aromatic heterocycles. The average molecular weight is 242 g/mol. The summed E-state index contributed by atoms with van der Waals surface area (Å²) in [7, 11) is 1.68. The molecule has 1 N–H and O–H groups in total. The first kappa shape index (κ1) is 14.5. The van der Waals surface area contributed by atoms with Gasteiger partial charge in [0.1, 0.15) is 0 Å². The number of carbonyl (C=O) groups is 1. The highest BCUT2D eigenvalue weighted by Gasteiger charge is 2.24. The lowest BCUT2D eigenvalue weighted by Gasteiger charge is -2.30. The molecular formula is C13H26N2O2. The number of hydrogen-bond donors (Lipinski definition) is 1. The second-order valence-electron chi connectivity index (χ2n) is 4.67. The molecule has 1 atom stereocenters. The zero-order chi connectivity index (χ0) is 12.5. The van der Waals surface area contributed by atoms with Crippen molar-refractivity contribution in [3.8, 4) is 0 Å². The molecule has 1 rings (SSSR count). The van der Waals surface area contributed by atoms with E-state index >= 15 is 0 Å². The van der Waals surface area contributed by atoms with Gasteiger partial charge in [-0.15, -0.1) is 0 Å². The Morgan fingerprint density at radius 3 is 2.82 bits per heavy atom. The van der Waals surface area contributed by atoms with Crippen LogP contribution in [0.2, 0.25) is 0 Å². The van der Waals surface area contributed by atoms with Gasteiger partial charge in [0.15, 0.2) is 0 Å². The van der Waals surface area contributed by atoms with Crippen LogP contribution in [0.5, 0.6) is 0 Å². The summed E-state index contributed by atoms with van der Waals surface area (Å²) in [6.45, 7) is 5.33. The van der Waals surface area contributed by atoms with Crippen LogP contribution in [0.1, 0.15) is 39.0 Å². The minimum Gasteiger partial charge on any atom is -0.383 e. The van der Waals surface area contributed by atoms with Crippen molar-refractivity contribution in [3.05, 3.63) is 0 Å². The molecule has 1 fully saturated rings. The maximum atomic E-state index is 12.3. The van der Waals surface area contributed by atoms with E-state index < -0.39 is 0 Å². The first-order chi connectivity index (χ1) is 8.29. The summed E-state index contributed by atoms with van der Waals surface area (Å²) in [4.78, 5) is 14.3. The molecule has 0 aromatic rings. The van der Waals surface area contributed by atoms with Crippen molar-refractivity contribution in [1.29, 1.82) is 0 Å². The largest absolute Gasteiger partial charge is 0.383 e. The smallest absolute Gasteiger partial charge is 0.239 e. The van der Waals surface area contributed by atoms with Gasteiger partial charge in [-0.3, -0.25) is 4.79 Å². The van der Waals surface area contributed by atoms with E-state index in [0.29, 0.717) is 13.2 Å². The zero-order valence-electron chi connectivity index (χ0n) is 11.2. The molecule has 1 heterocycles. The Labute approximate surface area is 105 Å². The third-order valence-corrected chi connectivity index (χ3v) is 3.27. The standard InChI is InChI=1S/C13H26N2O2/c1-3-4-9-15(10-11-17-2)13(16)12-7-5-6-8-14-12/h12,14H,3-11H2,1-2H3. The average Bonchev–Trinajstić information content (AvgIpc) is 2.39. The van der Waals surface area contributed by atoms with Crippen molar-refractivity contribution < 1.29 is 9.53 Å². The van der Waals surface area contributed by atoms with E-state index in [1.807, 2.05) is 4.90 Å². The molecule has 0 aromatic carbocycles. The summed E-state index contributed by atoms with van der Waals surface area (Å²) >= 11 is 0. The minimum absolute atomic E-state index is 0.0393. The van der Waals surface area contributed by atoms with Crippen LogP contribution in [0.3, 0.4) is 0 Å². The molecule has 1 unspecified atom stereocenters. The number of hydrogen-bond acceptors (Lipinski definition) is 3. The molecule has 17 heavy (non-hydrogen) atoms. The zero-order valence-corrected chi connectivity index (χ0v) is 11.2. The Morgan fingerprint density at radius 2 is 2.24 bits per heavy atom. The summed E-state index contributed by atoms with van der Waals surface area (Å²) in [5.74, 6) is 0.259. The Balaban J connectivity index is 2.44. The van der Waals surface area contributed by atoms with Crippen LogP contribution in [0.25, 0.3) is 0 Å². The molecule has 4 nitrogen and oxygen atoms in total. The van der Waals surface area contributed by atoms with Gasteiger partial charge in [0.25, 0.3) is 0 Å². The fourth-order valence-corrected chi connectivity index (χ4v) is 2.17. The van der Waals surface area contributed by atoms with Crippen LogP contribution in [-0.4, -0.2) is 50.2 Å². The van der Waals surface area contributed by atoms with Gasteiger partial charge in [-0.05, 0) is 25.8 Å². The highest BCUT2D eigenvalue weighted by Crippen LogP contribution is 2.10. The Hall–Kier alpha value is -0.610. The minimum atomic E-state index is 0.0393. The molecule has 4 heteroatoms. The highest BCUT2D eigenvalue weighted by atomic mass is 16.5. The second-order valence-corrected chi connectivity index (χ2v) is 4.67. The van der Waals surface area contributed by atoms with Gasteiger partial charge in [0.05, 0.1) is 12.6 Å². The number of rotatable bonds is 7. The van der Waals surface area contributed by atoms with Crippen molar-refractivity contribution in [3.63, 3.8) is 0 Å². The Kier molecular flexibility index (Phi) is 7.21. The van der Waals surface area contributed by atoms with E-state index in [2.05, 4.69) is 12.2 Å². The maximum Gasteiger partial charge on any atom is 0.239 e. The van der Waals surface area contributed by atoms with Gasteiger partial charge in [0, 0.05) is 20.2 Å². The normalized spacial score (nSPS) is 20.2. The predicted octanol–water partition coefficient (Wildman–Crippen LogP) is 1.40. The molecule has 0 bridgehead atoms. The Bertz CT molecular complexity index is 207. The molecule has 0 spiro atoms. The molecule has 1 saturated heterocycles. The third-order valence-electron chi connectivity index (χ3n) is 3.27. The van der Waals surface area contributed by atoms with Gasteiger partial charge in [-0.1, -0.05) is 19.8 Å². The molecular weight excluding hydrogens is 216 g/mol. The van der Waals surface area contributed by atoms with E-state index in [0.717, 1.165) is 38.8 Å². The van der Waals surface area contributed by atoms with Crippen molar-refractivity contribution >= 4 is 5.91 Å². The fraction of sp³-hybridized carbons (Fsp3) is 0.923. The van der Waals surface area contributed by atoms with Crippen molar-refractivity contribution in [2.45, 2.75) is 45.1 Å². The SMILES string of the molecule is CCCCN(CCOC)C(=O)C1CCCCN1. The van der Waals surface area contributed by atoms with Gasteiger partial charge < -0.3 is 15.0 Å². The van der Waals surface area contributed by atoms with E-state index in [-0.39, 0.29) is 11.9 Å². The number of unbranched alkanes of at least 4 members (excludes halogenated alkanes) is 1. The molecule has 0 aliphatic carbocycles. The van der Waals surface area contributed by atoms with Gasteiger partial charge in [-0.25, -0.2) is 0 Å². The van der Waals surface area contributed by atoms with Crippen molar-refractivity contribution in [2.24, 2.45) is 0 Å². The topological polar surface area (TPSA) is 41.6 Å². The van der Waals surface area contributed by atoms with Crippen LogP contribution in [0, 0.1) is 0 Å². The summed E-state index contributed by atoms with van der Waals surface area (Å²) in [6, 6.07) is 0.0393. The summed E-state index contributed by atoms with van der Waals surface area (Å²) in [6.07, 6.45) is 5.53. The lowest BCUT2D eigenvalue weighted by atomic mass is 10.0. The van der Waals surface area contributed by atoms with E-state index in [9.17, 15) is 4.79 Å². The van der Waals surface area contributed by atoms with E-state index in [1.165, 1.54) is 6.42 Å². The van der Waals surface area contributed by atoms with Crippen LogP contribution < -0.4 is 5.32 Å². The second kappa shape index (κ2) is 8.48. The summed E-state index contributed by atoms with van der Waals surface area (Å²) in [5.41, 5.74) is 0. The number of nitrogens with one attached hydrogen (secondary N) is 1. The van der Waals surface area contributed by atoms with Gasteiger partial charge >= 0.3 is 0 Å². The lowest BCUT2D eigenvalue weighted by molar-refractivity contribution is -0.134. The van der Waals surface area contributed by atoms with Crippen molar-refractivity contribution in [1.82, 2.24) is 10.2 Å².